The smallest absolute Gasteiger partial charge is 0.255 e. The Morgan fingerprint density at radius 1 is 1.06 bits per heavy atom. The second kappa shape index (κ2) is 9.27. The number of methoxy groups -OCH3 is 3. The zero-order chi connectivity index (χ0) is 22.7. The summed E-state index contributed by atoms with van der Waals surface area (Å²) in [6.45, 7) is 2.49. The number of nitrogens with one attached hydrogen (secondary N) is 1. The SMILES string of the molecule is COc1ccc(-c2nc3sc(CCNC(=O)c4cccc(OC)c4OC)c(C)n3n2)cc1. The van der Waals surface area contributed by atoms with Crippen LogP contribution in [0.5, 0.6) is 17.2 Å². The van der Waals surface area contributed by atoms with Crippen LogP contribution in [-0.2, 0) is 6.42 Å². The molecule has 2 aromatic carbocycles. The molecule has 1 N–H and O–H groups in total. The predicted molar refractivity (Wildman–Crippen MR) is 123 cm³/mol. The molecule has 2 aromatic heterocycles. The van der Waals surface area contributed by atoms with Gasteiger partial charge in [0.2, 0.25) is 4.96 Å². The van der Waals surface area contributed by atoms with Gasteiger partial charge in [-0.3, -0.25) is 4.79 Å². The monoisotopic (exact) mass is 452 g/mol. The number of ether oxygens (including phenoxy) is 3. The second-order valence-electron chi connectivity index (χ2n) is 7.02. The number of amides is 1. The molecule has 0 radical (unpaired) electrons. The van der Waals surface area contributed by atoms with Crippen molar-refractivity contribution in [3.63, 3.8) is 0 Å². The first-order chi connectivity index (χ1) is 15.5. The first kappa shape index (κ1) is 21.6. The van der Waals surface area contributed by atoms with E-state index in [0.29, 0.717) is 35.9 Å². The van der Waals surface area contributed by atoms with Crippen molar-refractivity contribution in [3.05, 3.63) is 58.6 Å². The summed E-state index contributed by atoms with van der Waals surface area (Å²) >= 11 is 1.58. The van der Waals surface area contributed by atoms with Crippen LogP contribution in [0.3, 0.4) is 0 Å². The summed E-state index contributed by atoms with van der Waals surface area (Å²) < 4.78 is 17.7. The third kappa shape index (κ3) is 4.11. The first-order valence-electron chi connectivity index (χ1n) is 10.0. The lowest BCUT2D eigenvalue weighted by molar-refractivity contribution is 0.0950. The lowest BCUT2D eigenvalue weighted by atomic mass is 10.1. The van der Waals surface area contributed by atoms with E-state index in [1.54, 1.807) is 43.8 Å². The van der Waals surface area contributed by atoms with Gasteiger partial charge in [0.15, 0.2) is 17.3 Å². The number of thiazole rings is 1. The molecule has 32 heavy (non-hydrogen) atoms. The number of carbonyl (C=O) groups is 1. The van der Waals surface area contributed by atoms with Crippen molar-refractivity contribution in [1.29, 1.82) is 0 Å². The summed E-state index contributed by atoms with van der Waals surface area (Å²) in [5.74, 6) is 2.20. The van der Waals surface area contributed by atoms with Crippen LogP contribution < -0.4 is 19.5 Å². The van der Waals surface area contributed by atoms with Gasteiger partial charge in [-0.1, -0.05) is 17.4 Å². The van der Waals surface area contributed by atoms with Crippen LogP contribution in [-0.4, -0.2) is 48.4 Å². The highest BCUT2D eigenvalue weighted by Gasteiger charge is 2.17. The normalized spacial score (nSPS) is 10.9. The average Bonchev–Trinajstić information content (AvgIpc) is 3.37. The van der Waals surface area contributed by atoms with Crippen LogP contribution in [0.15, 0.2) is 42.5 Å². The molecule has 0 aliphatic rings. The summed E-state index contributed by atoms with van der Waals surface area (Å²) in [5.41, 5.74) is 2.39. The average molecular weight is 453 g/mol. The molecule has 0 aliphatic carbocycles. The van der Waals surface area contributed by atoms with Gasteiger partial charge >= 0.3 is 0 Å². The number of fused-ring (bicyclic) bond motifs is 1. The van der Waals surface area contributed by atoms with E-state index in [1.165, 1.54) is 7.11 Å². The first-order valence-corrected chi connectivity index (χ1v) is 10.9. The predicted octanol–water partition coefficient (Wildman–Crippen LogP) is 3.76. The van der Waals surface area contributed by atoms with Crippen molar-refractivity contribution in [2.75, 3.05) is 27.9 Å². The Bertz CT molecular complexity index is 1250. The highest BCUT2D eigenvalue weighted by atomic mass is 32.1. The van der Waals surface area contributed by atoms with Crippen molar-refractivity contribution >= 4 is 22.2 Å². The lowest BCUT2D eigenvalue weighted by Gasteiger charge is -2.12. The Morgan fingerprint density at radius 3 is 2.50 bits per heavy atom. The minimum absolute atomic E-state index is 0.209. The van der Waals surface area contributed by atoms with E-state index in [2.05, 4.69) is 15.4 Å². The summed E-state index contributed by atoms with van der Waals surface area (Å²) in [6.07, 6.45) is 0.678. The van der Waals surface area contributed by atoms with Gasteiger partial charge in [-0.05, 0) is 43.3 Å². The van der Waals surface area contributed by atoms with Crippen molar-refractivity contribution in [3.8, 4) is 28.6 Å². The van der Waals surface area contributed by atoms with Crippen molar-refractivity contribution in [1.82, 2.24) is 19.9 Å². The lowest BCUT2D eigenvalue weighted by Crippen LogP contribution is -2.26. The topological polar surface area (TPSA) is 87.0 Å². The zero-order valence-electron chi connectivity index (χ0n) is 18.3. The number of rotatable bonds is 8. The number of aryl methyl sites for hydroxylation is 1. The Morgan fingerprint density at radius 2 is 1.84 bits per heavy atom. The minimum Gasteiger partial charge on any atom is -0.497 e. The number of aromatic nitrogens is 3. The summed E-state index contributed by atoms with van der Waals surface area (Å²) in [6, 6.07) is 12.9. The Kier molecular flexibility index (Phi) is 6.27. The highest BCUT2D eigenvalue weighted by Crippen LogP contribution is 2.30. The van der Waals surface area contributed by atoms with E-state index in [0.717, 1.165) is 26.8 Å². The number of hydrogen-bond donors (Lipinski definition) is 1. The van der Waals surface area contributed by atoms with Gasteiger partial charge in [-0.15, -0.1) is 5.10 Å². The van der Waals surface area contributed by atoms with Gasteiger partial charge in [0.1, 0.15) is 5.75 Å². The maximum absolute atomic E-state index is 12.7. The molecule has 0 bridgehead atoms. The van der Waals surface area contributed by atoms with Gasteiger partial charge < -0.3 is 19.5 Å². The van der Waals surface area contributed by atoms with Crippen LogP contribution >= 0.6 is 11.3 Å². The van der Waals surface area contributed by atoms with E-state index in [1.807, 2.05) is 35.7 Å². The maximum Gasteiger partial charge on any atom is 0.255 e. The molecule has 0 atom stereocenters. The molecular formula is C23H24N4O4S. The minimum atomic E-state index is -0.209. The summed E-state index contributed by atoms with van der Waals surface area (Å²) in [5, 5.41) is 7.60. The fourth-order valence-electron chi connectivity index (χ4n) is 3.43. The van der Waals surface area contributed by atoms with E-state index in [-0.39, 0.29) is 5.91 Å². The molecule has 8 nitrogen and oxygen atoms in total. The molecule has 4 aromatic rings. The van der Waals surface area contributed by atoms with Crippen molar-refractivity contribution in [2.45, 2.75) is 13.3 Å². The third-order valence-corrected chi connectivity index (χ3v) is 6.34. The number of benzene rings is 2. The third-order valence-electron chi connectivity index (χ3n) is 5.15. The molecule has 0 fully saturated rings. The molecule has 1 amide bonds. The van der Waals surface area contributed by atoms with E-state index in [9.17, 15) is 4.79 Å². The Labute approximate surface area is 189 Å². The molecule has 0 spiro atoms. The molecule has 0 unspecified atom stereocenters. The standard InChI is InChI=1S/C23H24N4O4S/c1-14-19(12-13-24-22(28)17-6-5-7-18(30-3)20(17)31-4)32-23-25-21(26-27(14)23)15-8-10-16(29-2)11-9-15/h5-11H,12-13H2,1-4H3,(H,24,28). The molecule has 0 saturated carbocycles. The molecule has 4 rings (SSSR count). The number of carbonyl (C=O) groups excluding carboxylic acids is 1. The Balaban J connectivity index is 1.44. The van der Waals surface area contributed by atoms with E-state index in [4.69, 9.17) is 14.2 Å². The van der Waals surface area contributed by atoms with Crippen LogP contribution in [0.25, 0.3) is 16.3 Å². The largest absolute Gasteiger partial charge is 0.497 e. The second-order valence-corrected chi connectivity index (χ2v) is 8.08. The molecule has 0 saturated heterocycles. The van der Waals surface area contributed by atoms with E-state index < -0.39 is 0 Å². The van der Waals surface area contributed by atoms with Crippen LogP contribution in [0.4, 0.5) is 0 Å². The summed E-state index contributed by atoms with van der Waals surface area (Å²) in [7, 11) is 4.70. The maximum atomic E-state index is 12.7. The number of para-hydroxylation sites is 1. The van der Waals surface area contributed by atoms with Crippen LogP contribution in [0.2, 0.25) is 0 Å². The fraction of sp³-hybridized carbons (Fsp3) is 0.261. The van der Waals surface area contributed by atoms with Gasteiger partial charge in [0.05, 0.1) is 32.6 Å². The van der Waals surface area contributed by atoms with Crippen LogP contribution in [0.1, 0.15) is 20.9 Å². The van der Waals surface area contributed by atoms with Gasteiger partial charge in [-0.25, -0.2) is 4.52 Å². The van der Waals surface area contributed by atoms with Gasteiger partial charge in [-0.2, -0.15) is 4.98 Å². The summed E-state index contributed by atoms with van der Waals surface area (Å²) in [4.78, 5) is 19.3. The zero-order valence-corrected chi connectivity index (χ0v) is 19.2. The highest BCUT2D eigenvalue weighted by molar-refractivity contribution is 7.17. The Hall–Kier alpha value is -3.59. The molecule has 0 aliphatic heterocycles. The van der Waals surface area contributed by atoms with Crippen molar-refractivity contribution < 1.29 is 19.0 Å². The van der Waals surface area contributed by atoms with Gasteiger partial charge in [0.25, 0.3) is 5.91 Å². The number of hydrogen-bond acceptors (Lipinski definition) is 7. The fourth-order valence-corrected chi connectivity index (χ4v) is 4.48. The van der Waals surface area contributed by atoms with Gasteiger partial charge in [0, 0.05) is 23.4 Å². The molecule has 166 valence electrons. The quantitative estimate of drug-likeness (QED) is 0.438. The van der Waals surface area contributed by atoms with E-state index >= 15 is 0 Å². The molecule has 9 heteroatoms. The molecular weight excluding hydrogens is 428 g/mol. The molecule has 2 heterocycles. The van der Waals surface area contributed by atoms with Crippen molar-refractivity contribution in [2.24, 2.45) is 0 Å². The number of nitrogens with zero attached hydrogens (tertiary/aromatic N) is 3. The van der Waals surface area contributed by atoms with Crippen LogP contribution in [0, 0.1) is 6.92 Å².